The number of carbonyl (C=O) groups excluding carboxylic acids is 1. The summed E-state index contributed by atoms with van der Waals surface area (Å²) in [5.41, 5.74) is 3.04. The Balaban J connectivity index is 1.34. The molecule has 11 nitrogen and oxygen atoms in total. The SMILES string of the molecule is COCCCOc1cc(COC2CN(C(=O)OCCCCO)CC[C@@H]2c2ccc(OCCCOCc3ccccc3OC)cc2)cc(OC)c1. The van der Waals surface area contributed by atoms with E-state index < -0.39 is 0 Å². The lowest BCUT2D eigenvalue weighted by atomic mass is 9.87. The van der Waals surface area contributed by atoms with Crippen molar-refractivity contribution in [3.63, 3.8) is 0 Å². The molecule has 4 rings (SSSR count). The maximum absolute atomic E-state index is 12.9. The second kappa shape index (κ2) is 21.9. The molecule has 11 heteroatoms. The van der Waals surface area contributed by atoms with E-state index in [1.165, 1.54) is 0 Å². The number of carbonyl (C=O) groups is 1. The van der Waals surface area contributed by atoms with Crippen LogP contribution in [-0.4, -0.2) is 96.3 Å². The van der Waals surface area contributed by atoms with Gasteiger partial charge >= 0.3 is 6.09 Å². The van der Waals surface area contributed by atoms with Crippen LogP contribution in [0.2, 0.25) is 0 Å². The molecule has 1 heterocycles. The Bertz CT molecular complexity index is 1400. The fourth-order valence-electron chi connectivity index (χ4n) is 5.78. The lowest BCUT2D eigenvalue weighted by molar-refractivity contribution is -0.0240. The molecule has 1 aliphatic rings. The second-order valence-corrected chi connectivity index (χ2v) is 12.1. The van der Waals surface area contributed by atoms with Crippen LogP contribution in [0.15, 0.2) is 66.7 Å². The number of hydrogen-bond donors (Lipinski definition) is 1. The molecule has 1 aliphatic heterocycles. The molecule has 0 spiro atoms. The third-order valence-corrected chi connectivity index (χ3v) is 8.46. The summed E-state index contributed by atoms with van der Waals surface area (Å²) in [5.74, 6) is 3.05. The first-order valence-corrected chi connectivity index (χ1v) is 17.4. The van der Waals surface area contributed by atoms with Crippen molar-refractivity contribution >= 4 is 6.09 Å². The molecule has 1 N–H and O–H groups in total. The number of ether oxygens (including phenoxy) is 8. The van der Waals surface area contributed by atoms with Crippen LogP contribution >= 0.6 is 0 Å². The van der Waals surface area contributed by atoms with E-state index in [0.717, 1.165) is 41.0 Å². The van der Waals surface area contributed by atoms with Crippen molar-refractivity contribution in [2.24, 2.45) is 0 Å². The zero-order chi connectivity index (χ0) is 35.4. The monoisotopic (exact) mass is 695 g/mol. The molecule has 3 aromatic rings. The number of hydrogen-bond acceptors (Lipinski definition) is 10. The molecule has 50 heavy (non-hydrogen) atoms. The molecule has 1 fully saturated rings. The molecule has 0 saturated carbocycles. The summed E-state index contributed by atoms with van der Waals surface area (Å²) in [4.78, 5) is 14.6. The molecule has 1 saturated heterocycles. The van der Waals surface area contributed by atoms with Crippen LogP contribution in [-0.2, 0) is 32.2 Å². The number of amides is 1. The summed E-state index contributed by atoms with van der Waals surface area (Å²) >= 11 is 0. The van der Waals surface area contributed by atoms with E-state index in [1.807, 2.05) is 54.6 Å². The van der Waals surface area contributed by atoms with Gasteiger partial charge in [-0.2, -0.15) is 0 Å². The van der Waals surface area contributed by atoms with Crippen molar-refractivity contribution in [1.82, 2.24) is 4.90 Å². The summed E-state index contributed by atoms with van der Waals surface area (Å²) < 4.78 is 45.9. The third-order valence-electron chi connectivity index (χ3n) is 8.46. The fourth-order valence-corrected chi connectivity index (χ4v) is 5.78. The van der Waals surface area contributed by atoms with Crippen LogP contribution in [0, 0.1) is 0 Å². The number of aliphatic hydroxyl groups is 1. The van der Waals surface area contributed by atoms with Gasteiger partial charge in [-0.25, -0.2) is 4.79 Å². The standard InChI is InChI=1S/C39H53NO10/c1-43-19-8-22-48-35-25-30(24-34(26-35)44-2)28-50-38-27-40(39(42)49-21-7-6-18-41)17-16-36(38)31-12-14-33(15-13-31)47-23-9-20-46-29-32-10-4-5-11-37(32)45-3/h4-5,10-15,24-26,36,38,41H,6-9,16-23,27-29H2,1-3H3/t36-,38?/m1/s1. The first-order chi connectivity index (χ1) is 24.5. The van der Waals surface area contributed by atoms with Gasteiger partial charge in [0.1, 0.15) is 23.0 Å². The molecule has 0 aliphatic carbocycles. The Morgan fingerprint density at radius 2 is 1.54 bits per heavy atom. The largest absolute Gasteiger partial charge is 0.497 e. The predicted molar refractivity (Wildman–Crippen MR) is 189 cm³/mol. The van der Waals surface area contributed by atoms with E-state index in [1.54, 1.807) is 26.2 Å². The van der Waals surface area contributed by atoms with Crippen LogP contribution in [0.4, 0.5) is 4.79 Å². The fraction of sp³-hybridized carbons (Fsp3) is 0.513. The van der Waals surface area contributed by atoms with Gasteiger partial charge in [-0.1, -0.05) is 30.3 Å². The number of piperidine rings is 1. The van der Waals surface area contributed by atoms with Crippen LogP contribution in [0.3, 0.4) is 0 Å². The molecule has 3 aromatic carbocycles. The number of methoxy groups -OCH3 is 3. The number of unbranched alkanes of at least 4 members (excludes halogenated alkanes) is 1. The van der Waals surface area contributed by atoms with Crippen molar-refractivity contribution in [3.05, 3.63) is 83.4 Å². The Labute approximate surface area is 296 Å². The number of para-hydroxylation sites is 1. The van der Waals surface area contributed by atoms with E-state index >= 15 is 0 Å². The average Bonchev–Trinajstić information content (AvgIpc) is 3.15. The molecule has 0 aromatic heterocycles. The van der Waals surface area contributed by atoms with Gasteiger partial charge in [-0.05, 0) is 60.7 Å². The van der Waals surface area contributed by atoms with Crippen LogP contribution < -0.4 is 18.9 Å². The minimum Gasteiger partial charge on any atom is -0.497 e. The van der Waals surface area contributed by atoms with E-state index in [9.17, 15) is 4.79 Å². The Kier molecular flexibility index (Phi) is 17.0. The molecular weight excluding hydrogens is 642 g/mol. The first kappa shape index (κ1) is 38.8. The average molecular weight is 696 g/mol. The van der Waals surface area contributed by atoms with Crippen LogP contribution in [0.25, 0.3) is 0 Å². The summed E-state index contributed by atoms with van der Waals surface area (Å²) in [6, 6.07) is 21.7. The van der Waals surface area contributed by atoms with Crippen LogP contribution in [0.1, 0.15) is 54.7 Å². The van der Waals surface area contributed by atoms with Crippen molar-refractivity contribution < 1.29 is 47.8 Å². The van der Waals surface area contributed by atoms with Gasteiger partial charge < -0.3 is 47.9 Å². The van der Waals surface area contributed by atoms with E-state index in [0.29, 0.717) is 83.5 Å². The summed E-state index contributed by atoms with van der Waals surface area (Å²) in [6.07, 6.45) is 2.82. The number of nitrogens with zero attached hydrogens (tertiary/aromatic N) is 1. The minimum absolute atomic E-state index is 0.0567. The molecule has 2 atom stereocenters. The lowest BCUT2D eigenvalue weighted by Crippen LogP contribution is -2.47. The molecule has 1 amide bonds. The topological polar surface area (TPSA) is 114 Å². The molecular formula is C39H53NO10. The highest BCUT2D eigenvalue weighted by Gasteiger charge is 2.34. The van der Waals surface area contributed by atoms with Gasteiger partial charge in [0, 0.05) is 57.3 Å². The Morgan fingerprint density at radius 3 is 2.30 bits per heavy atom. The summed E-state index contributed by atoms with van der Waals surface area (Å²) in [6.45, 7) is 4.35. The minimum atomic E-state index is -0.362. The molecule has 0 bridgehead atoms. The Morgan fingerprint density at radius 1 is 0.780 bits per heavy atom. The smallest absolute Gasteiger partial charge is 0.409 e. The predicted octanol–water partition coefficient (Wildman–Crippen LogP) is 6.39. The van der Waals surface area contributed by atoms with E-state index in [4.69, 9.17) is 43.0 Å². The van der Waals surface area contributed by atoms with Crippen molar-refractivity contribution in [2.75, 3.05) is 74.1 Å². The number of benzene rings is 3. The van der Waals surface area contributed by atoms with Gasteiger partial charge in [0.15, 0.2) is 0 Å². The van der Waals surface area contributed by atoms with E-state index in [-0.39, 0.29) is 31.3 Å². The maximum Gasteiger partial charge on any atom is 0.409 e. The maximum atomic E-state index is 12.9. The molecule has 274 valence electrons. The number of rotatable bonds is 22. The summed E-state index contributed by atoms with van der Waals surface area (Å²) in [7, 11) is 4.96. The highest BCUT2D eigenvalue weighted by molar-refractivity contribution is 5.67. The van der Waals surface area contributed by atoms with Gasteiger partial charge in [-0.3, -0.25) is 0 Å². The Hall–Kier alpha value is -4.03. The van der Waals surface area contributed by atoms with Crippen molar-refractivity contribution in [1.29, 1.82) is 0 Å². The lowest BCUT2D eigenvalue weighted by Gasteiger charge is -2.38. The molecule has 1 unspecified atom stereocenters. The van der Waals surface area contributed by atoms with Crippen molar-refractivity contribution in [3.8, 4) is 23.0 Å². The number of likely N-dealkylation sites (tertiary alicyclic amines) is 1. The second-order valence-electron chi connectivity index (χ2n) is 12.1. The summed E-state index contributed by atoms with van der Waals surface area (Å²) in [5, 5.41) is 9.06. The zero-order valence-electron chi connectivity index (χ0n) is 29.7. The van der Waals surface area contributed by atoms with Crippen LogP contribution in [0.5, 0.6) is 23.0 Å². The quantitative estimate of drug-likeness (QED) is 0.119. The normalized spacial score (nSPS) is 15.8. The molecule has 0 radical (unpaired) electrons. The van der Waals surface area contributed by atoms with E-state index in [2.05, 4.69) is 12.1 Å². The van der Waals surface area contributed by atoms with Gasteiger partial charge in [-0.15, -0.1) is 0 Å². The van der Waals surface area contributed by atoms with Gasteiger partial charge in [0.2, 0.25) is 0 Å². The van der Waals surface area contributed by atoms with Gasteiger partial charge in [0.05, 0.1) is 66.5 Å². The zero-order valence-corrected chi connectivity index (χ0v) is 29.7. The highest BCUT2D eigenvalue weighted by Crippen LogP contribution is 2.33. The van der Waals surface area contributed by atoms with Gasteiger partial charge in [0.25, 0.3) is 0 Å². The van der Waals surface area contributed by atoms with Crippen molar-refractivity contribution in [2.45, 2.75) is 57.3 Å². The third kappa shape index (κ3) is 12.7. The highest BCUT2D eigenvalue weighted by atomic mass is 16.6. The first-order valence-electron chi connectivity index (χ1n) is 17.4. The number of aliphatic hydroxyl groups excluding tert-OH is 1.